The van der Waals surface area contributed by atoms with Crippen molar-refractivity contribution >= 4 is 57.9 Å². The molecular formula is C79H74N2. The van der Waals surface area contributed by atoms with E-state index in [0.29, 0.717) is 5.92 Å². The van der Waals surface area contributed by atoms with Crippen molar-refractivity contribution in [2.45, 2.75) is 105 Å². The van der Waals surface area contributed by atoms with Crippen LogP contribution in [0.2, 0.25) is 0 Å². The third-order valence-corrected chi connectivity index (χ3v) is 19.2. The minimum Gasteiger partial charge on any atom is -0.310 e. The second-order valence-electron chi connectivity index (χ2n) is 24.5. The highest BCUT2D eigenvalue weighted by Gasteiger charge is 2.42. The van der Waals surface area contributed by atoms with Gasteiger partial charge in [-0.3, -0.25) is 0 Å². The van der Waals surface area contributed by atoms with Crippen LogP contribution >= 0.6 is 0 Å². The Balaban J connectivity index is 0.746. The molecule has 13 rings (SSSR count). The highest BCUT2D eigenvalue weighted by atomic mass is 15.2. The molecule has 81 heavy (non-hydrogen) atoms. The predicted molar refractivity (Wildman–Crippen MR) is 347 cm³/mol. The van der Waals surface area contributed by atoms with Gasteiger partial charge in [0.15, 0.2) is 0 Å². The summed E-state index contributed by atoms with van der Waals surface area (Å²) in [5.41, 5.74) is 32.3. The van der Waals surface area contributed by atoms with Gasteiger partial charge in [0.2, 0.25) is 0 Å². The summed E-state index contributed by atoms with van der Waals surface area (Å²) in [5, 5.41) is 0. The maximum Gasteiger partial charge on any atom is 0.0490 e. The van der Waals surface area contributed by atoms with E-state index in [1.165, 1.54) is 140 Å². The van der Waals surface area contributed by atoms with Crippen molar-refractivity contribution in [2.24, 2.45) is 5.92 Å². The molecule has 1 unspecified atom stereocenters. The van der Waals surface area contributed by atoms with E-state index in [0.717, 1.165) is 19.3 Å². The molecule has 0 saturated carbocycles. The second-order valence-corrected chi connectivity index (χ2v) is 24.5. The molecule has 0 spiro atoms. The highest BCUT2D eigenvalue weighted by Crippen LogP contribution is 2.56. The Kier molecular flexibility index (Phi) is 12.8. The smallest absolute Gasteiger partial charge is 0.0490 e. The van der Waals surface area contributed by atoms with Crippen molar-refractivity contribution in [3.63, 3.8) is 0 Å². The molecule has 0 fully saturated rings. The number of benzene rings is 9. The van der Waals surface area contributed by atoms with E-state index in [4.69, 9.17) is 0 Å². The number of aryl methyl sites for hydroxylation is 4. The van der Waals surface area contributed by atoms with Crippen LogP contribution in [-0.2, 0) is 16.2 Å². The van der Waals surface area contributed by atoms with E-state index in [9.17, 15) is 0 Å². The molecule has 0 aromatic heterocycles. The van der Waals surface area contributed by atoms with Crippen LogP contribution in [0.25, 0.3) is 46.1 Å². The molecular weight excluding hydrogens is 977 g/mol. The Morgan fingerprint density at radius 2 is 0.778 bits per heavy atom. The molecule has 2 nitrogen and oxygen atoms in total. The summed E-state index contributed by atoms with van der Waals surface area (Å²) in [6.45, 7) is 23.3. The first-order valence-electron chi connectivity index (χ1n) is 29.6. The van der Waals surface area contributed by atoms with Gasteiger partial charge in [0, 0.05) is 50.4 Å². The number of para-hydroxylation sites is 4. The minimum atomic E-state index is -0.171. The van der Waals surface area contributed by atoms with E-state index in [-0.39, 0.29) is 16.2 Å². The van der Waals surface area contributed by atoms with Gasteiger partial charge in [-0.25, -0.2) is 0 Å². The average Bonchev–Trinajstić information content (AvgIpc) is 3.37. The number of rotatable bonds is 12. The minimum absolute atomic E-state index is 0.0501. The molecule has 9 aromatic rings. The molecule has 9 aromatic carbocycles. The van der Waals surface area contributed by atoms with Gasteiger partial charge < -0.3 is 9.80 Å². The van der Waals surface area contributed by atoms with Crippen LogP contribution in [0, 0.1) is 33.6 Å². The summed E-state index contributed by atoms with van der Waals surface area (Å²) < 4.78 is 0. The Bertz CT molecular complexity index is 4030. The maximum absolute atomic E-state index is 2.57. The zero-order valence-corrected chi connectivity index (χ0v) is 49.0. The van der Waals surface area contributed by atoms with Crippen molar-refractivity contribution in [1.82, 2.24) is 0 Å². The third-order valence-electron chi connectivity index (χ3n) is 19.2. The molecule has 0 heterocycles. The lowest BCUT2D eigenvalue weighted by Crippen LogP contribution is -2.23. The van der Waals surface area contributed by atoms with Gasteiger partial charge in [0.25, 0.3) is 0 Å². The van der Waals surface area contributed by atoms with E-state index in [1.807, 2.05) is 0 Å². The topological polar surface area (TPSA) is 6.48 Å². The lowest BCUT2D eigenvalue weighted by Gasteiger charge is -2.30. The summed E-state index contributed by atoms with van der Waals surface area (Å²) in [6.07, 6.45) is 17.7. The first kappa shape index (κ1) is 51.9. The molecule has 2 heteroatoms. The molecule has 0 N–H and O–H groups in total. The van der Waals surface area contributed by atoms with Gasteiger partial charge in [0.05, 0.1) is 0 Å². The number of nitrogens with zero attached hydrogens (tertiary/aromatic N) is 2. The molecule has 0 bridgehead atoms. The van der Waals surface area contributed by atoms with Crippen molar-refractivity contribution in [3.8, 4) is 22.3 Å². The van der Waals surface area contributed by atoms with Gasteiger partial charge >= 0.3 is 0 Å². The first-order valence-corrected chi connectivity index (χ1v) is 29.6. The summed E-state index contributed by atoms with van der Waals surface area (Å²) in [7, 11) is 0. The van der Waals surface area contributed by atoms with E-state index >= 15 is 0 Å². The fourth-order valence-electron chi connectivity index (χ4n) is 14.5. The first-order chi connectivity index (χ1) is 39.2. The van der Waals surface area contributed by atoms with Crippen molar-refractivity contribution in [3.05, 3.63) is 284 Å². The largest absolute Gasteiger partial charge is 0.310 e. The summed E-state index contributed by atoms with van der Waals surface area (Å²) in [6, 6.07) is 70.8. The van der Waals surface area contributed by atoms with Crippen molar-refractivity contribution in [1.29, 1.82) is 0 Å². The Hall–Kier alpha value is -8.46. The number of allylic oxidation sites excluding steroid dienone is 5. The predicted octanol–water partition coefficient (Wildman–Crippen LogP) is 21.8. The Morgan fingerprint density at radius 3 is 1.22 bits per heavy atom. The van der Waals surface area contributed by atoms with Gasteiger partial charge in [-0.05, 0) is 207 Å². The number of hydrogen-bond donors (Lipinski definition) is 0. The SMILES string of the molecule is CCC1(CC)c2cc(/C=C/c3ccc4c(c3)C(C)(C)c3cc(N(c5ccccc5C)c5ccccc5C)ccc3-4)ccc2-c2ccc(/C=C/C3C=C4C(=CC3)c3ccc(N(c5ccccc5C)c5ccccc5C)cc3C4(C)C)cc21. The monoisotopic (exact) mass is 1050 g/mol. The van der Waals surface area contributed by atoms with E-state index in [2.05, 4.69) is 304 Å². The molecule has 4 aliphatic rings. The van der Waals surface area contributed by atoms with Crippen LogP contribution in [0.15, 0.2) is 212 Å². The fraction of sp³-hybridized carbons (Fsp3) is 0.215. The van der Waals surface area contributed by atoms with Crippen LogP contribution in [0.4, 0.5) is 34.1 Å². The Labute approximate surface area is 482 Å². The Morgan fingerprint density at radius 1 is 0.407 bits per heavy atom. The van der Waals surface area contributed by atoms with Crippen molar-refractivity contribution < 1.29 is 0 Å². The lowest BCUT2D eigenvalue weighted by molar-refractivity contribution is 0.490. The number of hydrogen-bond acceptors (Lipinski definition) is 2. The highest BCUT2D eigenvalue weighted by molar-refractivity contribution is 5.93. The van der Waals surface area contributed by atoms with Crippen LogP contribution in [0.5, 0.6) is 0 Å². The molecule has 4 aliphatic carbocycles. The van der Waals surface area contributed by atoms with Crippen LogP contribution < -0.4 is 9.80 Å². The zero-order valence-electron chi connectivity index (χ0n) is 49.0. The summed E-state index contributed by atoms with van der Waals surface area (Å²) >= 11 is 0. The molecule has 0 radical (unpaired) electrons. The molecule has 1 atom stereocenters. The molecule has 400 valence electrons. The lowest BCUT2D eigenvalue weighted by atomic mass is 9.73. The fourth-order valence-corrected chi connectivity index (χ4v) is 14.5. The maximum atomic E-state index is 2.57. The van der Waals surface area contributed by atoms with Gasteiger partial charge in [-0.2, -0.15) is 0 Å². The number of fused-ring (bicyclic) bond motifs is 9. The molecule has 0 saturated heterocycles. The second kappa shape index (κ2) is 20.0. The van der Waals surface area contributed by atoms with Crippen molar-refractivity contribution in [2.75, 3.05) is 9.80 Å². The van der Waals surface area contributed by atoms with Crippen LogP contribution in [0.3, 0.4) is 0 Å². The number of anilines is 6. The standard InChI is InChI=1S/C79H74N2/c1-11-79(12-2)71-47-57(31-29-55-33-39-61-63-43-37-59(49-69(63)77(7,8)67(61)45-55)80(73-25-17-13-21-51(73)3)74-26-18-14-22-52(74)4)35-41-65(71)66-42-36-58(48-72(66)79)32-30-56-34-40-62-64-44-38-60(50-70(64)78(9,10)68(62)46-56)81(75-27-19-15-23-53(75)5)76-28-20-16-24-54(76)6/h13-33,35-50,56H,11-12,34H2,1-10H3/b31-29+,32-30+. The average molecular weight is 1050 g/mol. The van der Waals surface area contributed by atoms with Crippen LogP contribution in [-0.4, -0.2) is 0 Å². The normalized spacial score (nSPS) is 16.5. The third kappa shape index (κ3) is 8.52. The van der Waals surface area contributed by atoms with Gasteiger partial charge in [-0.15, -0.1) is 0 Å². The van der Waals surface area contributed by atoms with Gasteiger partial charge in [0.1, 0.15) is 0 Å². The van der Waals surface area contributed by atoms with E-state index < -0.39 is 0 Å². The van der Waals surface area contributed by atoms with Gasteiger partial charge in [-0.1, -0.05) is 218 Å². The zero-order chi connectivity index (χ0) is 56.0. The molecule has 0 amide bonds. The quantitative estimate of drug-likeness (QED) is 0.113. The summed E-state index contributed by atoms with van der Waals surface area (Å²) in [5.74, 6) is 0.318. The van der Waals surface area contributed by atoms with Crippen LogP contribution in [0.1, 0.15) is 133 Å². The molecule has 0 aliphatic heterocycles. The van der Waals surface area contributed by atoms with E-state index in [1.54, 1.807) is 0 Å². The summed E-state index contributed by atoms with van der Waals surface area (Å²) in [4.78, 5) is 4.89.